The summed E-state index contributed by atoms with van der Waals surface area (Å²) in [6.45, 7) is 5.98. The van der Waals surface area contributed by atoms with E-state index in [1.807, 2.05) is 20.8 Å². The molecule has 3 nitrogen and oxygen atoms in total. The van der Waals surface area contributed by atoms with Gasteiger partial charge in [-0.1, -0.05) is 13.8 Å². The van der Waals surface area contributed by atoms with Crippen LogP contribution in [0.25, 0.3) is 0 Å². The molecule has 0 unspecified atom stereocenters. The van der Waals surface area contributed by atoms with Gasteiger partial charge in [0, 0.05) is 6.04 Å². The van der Waals surface area contributed by atoms with E-state index in [0.29, 0.717) is 5.92 Å². The Bertz CT molecular complexity index is 101. The number of carbonyl (C=O) groups is 1. The molecule has 0 fully saturated rings. The lowest BCUT2D eigenvalue weighted by Gasteiger charge is -2.14. The summed E-state index contributed by atoms with van der Waals surface area (Å²) in [4.78, 5) is 10.2. The molecule has 3 N–H and O–H groups in total. The fraction of sp³-hybridized carbons (Fsp3) is 0.833. The molecule has 0 aromatic heterocycles. The number of hydrogen-bond donors (Lipinski definition) is 2. The molecule has 0 heterocycles. The summed E-state index contributed by atoms with van der Waals surface area (Å²) in [5.74, 6) is 0.442. The van der Waals surface area contributed by atoms with E-state index in [1.165, 1.54) is 0 Å². The topological polar surface area (TPSA) is 55.1 Å². The molecule has 0 aliphatic rings. The summed E-state index contributed by atoms with van der Waals surface area (Å²) >= 11 is 0. The third-order valence-corrected chi connectivity index (χ3v) is 1.37. The molecule has 3 heteroatoms. The van der Waals surface area contributed by atoms with E-state index in [4.69, 9.17) is 5.73 Å². The van der Waals surface area contributed by atoms with E-state index < -0.39 is 6.03 Å². The minimum atomic E-state index is -0.448. The van der Waals surface area contributed by atoms with Crippen molar-refractivity contribution >= 4 is 6.03 Å². The zero-order valence-corrected chi connectivity index (χ0v) is 6.14. The minimum Gasteiger partial charge on any atom is -0.352 e. The Labute approximate surface area is 55.6 Å². The van der Waals surface area contributed by atoms with Crippen LogP contribution >= 0.6 is 0 Å². The molecule has 0 radical (unpaired) electrons. The Morgan fingerprint density at radius 3 is 2.00 bits per heavy atom. The largest absolute Gasteiger partial charge is 0.352 e. The average molecular weight is 130 g/mol. The van der Waals surface area contributed by atoms with Gasteiger partial charge in [0.15, 0.2) is 0 Å². The number of hydrogen-bond acceptors (Lipinski definition) is 1. The maximum Gasteiger partial charge on any atom is 0.312 e. The van der Waals surface area contributed by atoms with Crippen LogP contribution in [0.4, 0.5) is 4.79 Å². The number of rotatable bonds is 2. The molecule has 0 aromatic carbocycles. The molecular formula is C6H14N2O. The zero-order valence-electron chi connectivity index (χ0n) is 6.14. The molecule has 1 atom stereocenters. The highest BCUT2D eigenvalue weighted by Crippen LogP contribution is 1.97. The molecule has 0 saturated heterocycles. The molecule has 0 aliphatic heterocycles. The van der Waals surface area contributed by atoms with Crippen LogP contribution < -0.4 is 11.1 Å². The van der Waals surface area contributed by atoms with Gasteiger partial charge >= 0.3 is 6.03 Å². The number of nitrogens with two attached hydrogens (primary N) is 1. The lowest BCUT2D eigenvalue weighted by molar-refractivity contribution is 0.242. The quantitative estimate of drug-likeness (QED) is 0.568. The summed E-state index contributed by atoms with van der Waals surface area (Å²) in [6.07, 6.45) is 0. The third kappa shape index (κ3) is 3.82. The van der Waals surface area contributed by atoms with Gasteiger partial charge in [-0.15, -0.1) is 0 Å². The van der Waals surface area contributed by atoms with Crippen molar-refractivity contribution < 1.29 is 4.79 Å². The molecule has 0 aliphatic carbocycles. The molecule has 0 rings (SSSR count). The Kier molecular flexibility index (Phi) is 3.06. The first kappa shape index (κ1) is 8.27. The Hall–Kier alpha value is -0.730. The van der Waals surface area contributed by atoms with E-state index in [9.17, 15) is 4.79 Å². The summed E-state index contributed by atoms with van der Waals surface area (Å²) in [7, 11) is 0. The highest BCUT2D eigenvalue weighted by Gasteiger charge is 2.06. The van der Waals surface area contributed by atoms with E-state index in [2.05, 4.69) is 5.32 Å². The van der Waals surface area contributed by atoms with Crippen LogP contribution in [0.5, 0.6) is 0 Å². The van der Waals surface area contributed by atoms with Crippen molar-refractivity contribution in [3.63, 3.8) is 0 Å². The second-order valence-electron chi connectivity index (χ2n) is 2.54. The third-order valence-electron chi connectivity index (χ3n) is 1.37. The monoisotopic (exact) mass is 130 g/mol. The van der Waals surface area contributed by atoms with E-state index in [0.717, 1.165) is 0 Å². The first-order chi connectivity index (χ1) is 4.04. The van der Waals surface area contributed by atoms with Gasteiger partial charge in [0.1, 0.15) is 0 Å². The van der Waals surface area contributed by atoms with Crippen LogP contribution in [-0.4, -0.2) is 12.1 Å². The van der Waals surface area contributed by atoms with Gasteiger partial charge in [0.25, 0.3) is 0 Å². The number of carbonyl (C=O) groups excluding carboxylic acids is 1. The Balaban J connectivity index is 3.50. The van der Waals surface area contributed by atoms with Crippen LogP contribution in [0.15, 0.2) is 0 Å². The SMILES string of the molecule is CC(C)[C@H](C)NC(N)=O. The predicted octanol–water partition coefficient (Wildman–Crippen LogP) is 0.699. The molecular weight excluding hydrogens is 116 g/mol. The lowest BCUT2D eigenvalue weighted by atomic mass is 10.1. The summed E-state index contributed by atoms with van der Waals surface area (Å²) in [6, 6.07) is -0.279. The first-order valence-corrected chi connectivity index (χ1v) is 3.10. The van der Waals surface area contributed by atoms with Gasteiger partial charge in [-0.3, -0.25) is 0 Å². The van der Waals surface area contributed by atoms with Gasteiger partial charge < -0.3 is 11.1 Å². The van der Waals surface area contributed by atoms with Gasteiger partial charge in [0.05, 0.1) is 0 Å². The maximum atomic E-state index is 10.2. The van der Waals surface area contributed by atoms with Crippen LogP contribution in [0.1, 0.15) is 20.8 Å². The van der Waals surface area contributed by atoms with Gasteiger partial charge in [-0.2, -0.15) is 0 Å². The maximum absolute atomic E-state index is 10.2. The summed E-state index contributed by atoms with van der Waals surface area (Å²) < 4.78 is 0. The fourth-order valence-corrected chi connectivity index (χ4v) is 0.391. The van der Waals surface area contributed by atoms with Crippen molar-refractivity contribution in [2.24, 2.45) is 11.7 Å². The number of amides is 2. The summed E-state index contributed by atoms with van der Waals surface area (Å²) in [5.41, 5.74) is 4.88. The number of nitrogens with one attached hydrogen (secondary N) is 1. The smallest absolute Gasteiger partial charge is 0.312 e. The van der Waals surface area contributed by atoms with E-state index >= 15 is 0 Å². The number of primary amides is 1. The standard InChI is InChI=1S/C6H14N2O/c1-4(2)5(3)8-6(7)9/h4-5H,1-3H3,(H3,7,8,9)/t5-/m0/s1. The lowest BCUT2D eigenvalue weighted by Crippen LogP contribution is -2.39. The van der Waals surface area contributed by atoms with E-state index in [-0.39, 0.29) is 6.04 Å². The van der Waals surface area contributed by atoms with Crippen LogP contribution in [-0.2, 0) is 0 Å². The van der Waals surface area contributed by atoms with Gasteiger partial charge in [-0.25, -0.2) is 4.79 Å². The van der Waals surface area contributed by atoms with Crippen molar-refractivity contribution in [2.75, 3.05) is 0 Å². The van der Waals surface area contributed by atoms with Crippen LogP contribution in [0.2, 0.25) is 0 Å². The molecule has 2 amide bonds. The van der Waals surface area contributed by atoms with Gasteiger partial charge in [0.2, 0.25) is 0 Å². The fourth-order valence-electron chi connectivity index (χ4n) is 0.391. The highest BCUT2D eigenvalue weighted by atomic mass is 16.2. The van der Waals surface area contributed by atoms with Crippen LogP contribution in [0, 0.1) is 5.92 Å². The van der Waals surface area contributed by atoms with Crippen molar-refractivity contribution in [1.29, 1.82) is 0 Å². The van der Waals surface area contributed by atoms with Crippen molar-refractivity contribution in [3.05, 3.63) is 0 Å². The first-order valence-electron chi connectivity index (χ1n) is 3.10. The molecule has 0 spiro atoms. The van der Waals surface area contributed by atoms with Gasteiger partial charge in [-0.05, 0) is 12.8 Å². The number of urea groups is 1. The van der Waals surface area contributed by atoms with Crippen molar-refractivity contribution in [2.45, 2.75) is 26.8 Å². The highest BCUT2D eigenvalue weighted by molar-refractivity contribution is 5.71. The molecule has 0 bridgehead atoms. The zero-order chi connectivity index (χ0) is 7.44. The van der Waals surface area contributed by atoms with Crippen molar-refractivity contribution in [1.82, 2.24) is 5.32 Å². The van der Waals surface area contributed by atoms with Crippen molar-refractivity contribution in [3.8, 4) is 0 Å². The minimum absolute atomic E-state index is 0.169. The molecule has 0 saturated carbocycles. The predicted molar refractivity (Wildman–Crippen MR) is 37.0 cm³/mol. The summed E-state index contributed by atoms with van der Waals surface area (Å²) in [5, 5.41) is 2.58. The van der Waals surface area contributed by atoms with E-state index in [1.54, 1.807) is 0 Å². The van der Waals surface area contributed by atoms with Crippen LogP contribution in [0.3, 0.4) is 0 Å². The Morgan fingerprint density at radius 2 is 1.89 bits per heavy atom. The Morgan fingerprint density at radius 1 is 1.44 bits per heavy atom. The normalized spacial score (nSPS) is 13.3. The average Bonchev–Trinajstić information content (AvgIpc) is 1.63. The molecule has 9 heavy (non-hydrogen) atoms. The second-order valence-corrected chi connectivity index (χ2v) is 2.54. The molecule has 54 valence electrons. The second kappa shape index (κ2) is 3.33. The molecule has 0 aromatic rings.